The van der Waals surface area contributed by atoms with Gasteiger partial charge in [-0.3, -0.25) is 13.8 Å². The van der Waals surface area contributed by atoms with Crippen LogP contribution < -0.4 is 0 Å². The molecule has 0 aromatic heterocycles. The monoisotopic (exact) mass is 634 g/mol. The van der Waals surface area contributed by atoms with Crippen molar-refractivity contribution in [3.05, 3.63) is 12.2 Å². The number of phosphoric ester groups is 1. The molecule has 0 fully saturated rings. The van der Waals surface area contributed by atoms with Crippen LogP contribution in [-0.2, 0) is 27.9 Å². The summed E-state index contributed by atoms with van der Waals surface area (Å²) in [5, 5.41) is 0. The van der Waals surface area contributed by atoms with Gasteiger partial charge in [-0.2, -0.15) is 0 Å². The summed E-state index contributed by atoms with van der Waals surface area (Å²) in [6.07, 6.45) is 26.6. The molecule has 2 unspecified atom stereocenters. The fourth-order valence-corrected chi connectivity index (χ4v) is 5.27. The molecule has 0 spiro atoms. The van der Waals surface area contributed by atoms with Gasteiger partial charge in [-0.1, -0.05) is 116 Å². The maximum atomic E-state index is 12.5. The van der Waals surface area contributed by atoms with Crippen molar-refractivity contribution in [1.82, 2.24) is 0 Å². The Morgan fingerprint density at radius 2 is 1.23 bits per heavy atom. The van der Waals surface area contributed by atoms with Gasteiger partial charge < -0.3 is 18.9 Å². The summed E-state index contributed by atoms with van der Waals surface area (Å²) in [6, 6.07) is 0. The fraction of sp³-hybridized carbons (Fsp3) is 0.912. The molecule has 0 aliphatic carbocycles. The zero-order chi connectivity index (χ0) is 32.1. The second-order valence-corrected chi connectivity index (χ2v) is 14.4. The summed E-state index contributed by atoms with van der Waals surface area (Å²) in [7, 11) is 1.66. The molecule has 0 bridgehead atoms. The van der Waals surface area contributed by atoms with Crippen molar-refractivity contribution in [3.8, 4) is 0 Å². The van der Waals surface area contributed by atoms with E-state index in [-0.39, 0.29) is 25.8 Å². The van der Waals surface area contributed by atoms with Crippen molar-refractivity contribution < 1.29 is 37.3 Å². The van der Waals surface area contributed by atoms with Crippen LogP contribution in [0.1, 0.15) is 142 Å². The van der Waals surface area contributed by atoms with Gasteiger partial charge in [-0.05, 0) is 32.1 Å². The molecule has 0 saturated carbocycles. The quantitative estimate of drug-likeness (QED) is 0.0259. The zero-order valence-corrected chi connectivity index (χ0v) is 29.6. The first-order valence-electron chi connectivity index (χ1n) is 17.4. The van der Waals surface area contributed by atoms with Crippen molar-refractivity contribution in [1.29, 1.82) is 0 Å². The van der Waals surface area contributed by atoms with Crippen molar-refractivity contribution >= 4 is 13.8 Å². The van der Waals surface area contributed by atoms with Gasteiger partial charge >= 0.3 is 13.8 Å². The highest BCUT2D eigenvalue weighted by Gasteiger charge is 2.26. The van der Waals surface area contributed by atoms with Gasteiger partial charge in [0.15, 0.2) is 0 Å². The summed E-state index contributed by atoms with van der Waals surface area (Å²) < 4.78 is 34.7. The molecule has 0 rings (SSSR count). The second-order valence-electron chi connectivity index (χ2n) is 12.9. The third kappa shape index (κ3) is 32.4. The number of unbranched alkanes of at least 4 members (excludes halogenated alkanes) is 16. The summed E-state index contributed by atoms with van der Waals surface area (Å²) >= 11 is 0. The number of esters is 1. The van der Waals surface area contributed by atoms with E-state index in [9.17, 15) is 14.3 Å². The first-order valence-corrected chi connectivity index (χ1v) is 18.9. The van der Waals surface area contributed by atoms with E-state index in [4.69, 9.17) is 18.5 Å². The summed E-state index contributed by atoms with van der Waals surface area (Å²) in [5.74, 6) is -0.325. The standard InChI is InChI=1S/C34H68NO7P/c1-6-8-10-12-14-16-18-19-21-23-25-27-34(36)42-33(32-41-43(37,38)40-30-28-35(3,4)5)31-39-29-26-24-22-20-17-15-13-11-9-7-2/h12,14,33H,6-11,13,15-32H2,1-5H3/p+1/b14-12-. The van der Waals surface area contributed by atoms with Gasteiger partial charge in [-0.25, -0.2) is 4.57 Å². The number of ether oxygens (including phenoxy) is 2. The Labute approximate surface area is 265 Å². The predicted molar refractivity (Wildman–Crippen MR) is 178 cm³/mol. The van der Waals surface area contributed by atoms with E-state index >= 15 is 0 Å². The molecule has 0 aromatic carbocycles. The van der Waals surface area contributed by atoms with Crippen LogP contribution in [-0.4, -0.2) is 75.6 Å². The Balaban J connectivity index is 4.36. The van der Waals surface area contributed by atoms with Crippen LogP contribution in [0.5, 0.6) is 0 Å². The highest BCUT2D eigenvalue weighted by molar-refractivity contribution is 7.47. The van der Waals surface area contributed by atoms with Crippen molar-refractivity contribution in [2.45, 2.75) is 148 Å². The van der Waals surface area contributed by atoms with Gasteiger partial charge in [0.25, 0.3) is 0 Å². The fourth-order valence-electron chi connectivity index (χ4n) is 4.53. The van der Waals surface area contributed by atoms with E-state index in [0.717, 1.165) is 44.9 Å². The Bertz CT molecular complexity index is 711. The average Bonchev–Trinajstić information content (AvgIpc) is 2.94. The first-order chi connectivity index (χ1) is 20.6. The van der Waals surface area contributed by atoms with E-state index in [1.165, 1.54) is 77.0 Å². The molecule has 0 saturated heterocycles. The maximum Gasteiger partial charge on any atom is 0.472 e. The smallest absolute Gasteiger partial charge is 0.457 e. The van der Waals surface area contributed by atoms with E-state index < -0.39 is 13.9 Å². The van der Waals surface area contributed by atoms with Crippen LogP contribution in [0.25, 0.3) is 0 Å². The number of carbonyl (C=O) groups is 1. The largest absolute Gasteiger partial charge is 0.472 e. The lowest BCUT2D eigenvalue weighted by molar-refractivity contribution is -0.870. The maximum absolute atomic E-state index is 12.5. The minimum atomic E-state index is -4.26. The van der Waals surface area contributed by atoms with E-state index in [0.29, 0.717) is 24.1 Å². The molecule has 0 aliphatic rings. The normalized spacial score (nSPS) is 14.3. The number of rotatable bonds is 32. The van der Waals surface area contributed by atoms with Gasteiger partial charge in [0.1, 0.15) is 19.3 Å². The van der Waals surface area contributed by atoms with Gasteiger partial charge in [-0.15, -0.1) is 0 Å². The summed E-state index contributed by atoms with van der Waals surface area (Å²) in [6.45, 7) is 5.56. The van der Waals surface area contributed by atoms with Gasteiger partial charge in [0, 0.05) is 13.0 Å². The summed E-state index contributed by atoms with van der Waals surface area (Å²) in [4.78, 5) is 22.6. The molecular weight excluding hydrogens is 565 g/mol. The van der Waals surface area contributed by atoms with Gasteiger partial charge in [0.05, 0.1) is 34.4 Å². The number of nitrogens with zero attached hydrogens (tertiary/aromatic N) is 1. The third-order valence-corrected chi connectivity index (χ3v) is 8.31. The number of carbonyl (C=O) groups excluding carboxylic acids is 1. The van der Waals surface area contributed by atoms with E-state index in [1.807, 2.05) is 21.1 Å². The minimum Gasteiger partial charge on any atom is -0.457 e. The van der Waals surface area contributed by atoms with Crippen molar-refractivity contribution in [2.24, 2.45) is 0 Å². The minimum absolute atomic E-state index is 0.0894. The van der Waals surface area contributed by atoms with Crippen LogP contribution in [0.4, 0.5) is 0 Å². The van der Waals surface area contributed by atoms with E-state index in [2.05, 4.69) is 26.0 Å². The molecule has 256 valence electrons. The Hall–Kier alpha value is -0.760. The molecular formula is C34H69NO7P+. The van der Waals surface area contributed by atoms with Gasteiger partial charge in [0.2, 0.25) is 0 Å². The third-order valence-electron chi connectivity index (χ3n) is 7.33. The molecule has 2 atom stereocenters. The lowest BCUT2D eigenvalue weighted by Gasteiger charge is -2.24. The lowest BCUT2D eigenvalue weighted by Crippen LogP contribution is -2.37. The number of quaternary nitrogens is 1. The molecule has 0 aromatic rings. The molecule has 1 N–H and O–H groups in total. The van der Waals surface area contributed by atoms with Crippen LogP contribution in [0.15, 0.2) is 12.2 Å². The SMILES string of the molecule is CCCC/C=C\CCCCCCCC(=O)OC(COCCCCCCCCCCCC)COP(=O)(O)OCC[N+](C)(C)C. The van der Waals surface area contributed by atoms with Crippen molar-refractivity contribution in [3.63, 3.8) is 0 Å². The Morgan fingerprint density at radius 1 is 0.698 bits per heavy atom. The molecule has 9 heteroatoms. The molecule has 0 heterocycles. The highest BCUT2D eigenvalue weighted by atomic mass is 31.2. The number of allylic oxidation sites excluding steroid dienone is 2. The topological polar surface area (TPSA) is 91.3 Å². The summed E-state index contributed by atoms with van der Waals surface area (Å²) in [5.41, 5.74) is 0. The average molecular weight is 635 g/mol. The molecule has 0 amide bonds. The van der Waals surface area contributed by atoms with Crippen LogP contribution in [0, 0.1) is 0 Å². The van der Waals surface area contributed by atoms with E-state index in [1.54, 1.807) is 0 Å². The highest BCUT2D eigenvalue weighted by Crippen LogP contribution is 2.43. The second kappa shape index (κ2) is 28.7. The zero-order valence-electron chi connectivity index (χ0n) is 28.7. The van der Waals surface area contributed by atoms with Crippen LogP contribution in [0.2, 0.25) is 0 Å². The molecule has 8 nitrogen and oxygen atoms in total. The Morgan fingerprint density at radius 3 is 1.84 bits per heavy atom. The number of phosphoric acid groups is 1. The van der Waals surface area contributed by atoms with Crippen LogP contribution in [0.3, 0.4) is 0 Å². The van der Waals surface area contributed by atoms with Crippen molar-refractivity contribution in [2.75, 3.05) is 54.1 Å². The molecule has 0 aliphatic heterocycles. The molecule has 0 radical (unpaired) electrons. The number of likely N-dealkylation sites (N-methyl/N-ethyl adjacent to an activating group) is 1. The lowest BCUT2D eigenvalue weighted by atomic mass is 10.1. The number of hydrogen-bond donors (Lipinski definition) is 1. The number of hydrogen-bond acceptors (Lipinski definition) is 6. The van der Waals surface area contributed by atoms with Crippen LogP contribution >= 0.6 is 7.82 Å². The Kier molecular flexibility index (Phi) is 28.2. The first kappa shape index (κ1) is 42.2. The predicted octanol–water partition coefficient (Wildman–Crippen LogP) is 9.15. The molecule has 43 heavy (non-hydrogen) atoms.